The van der Waals surface area contributed by atoms with Crippen molar-refractivity contribution in [1.29, 1.82) is 0 Å². The predicted octanol–water partition coefficient (Wildman–Crippen LogP) is 2.03. The van der Waals surface area contributed by atoms with E-state index in [0.29, 0.717) is 0 Å². The molecule has 2 N–H and O–H groups in total. The highest BCUT2D eigenvalue weighted by atomic mass is 32.2. The van der Waals surface area contributed by atoms with Gasteiger partial charge in [-0.25, -0.2) is 0 Å². The van der Waals surface area contributed by atoms with E-state index in [2.05, 4.69) is 23.9 Å². The molecule has 0 spiro atoms. The number of hydrogen-bond donors (Lipinski definition) is 1. The highest BCUT2D eigenvalue weighted by Crippen LogP contribution is 2.27. The molecule has 0 aliphatic carbocycles. The van der Waals surface area contributed by atoms with Crippen LogP contribution in [0.5, 0.6) is 0 Å². The van der Waals surface area contributed by atoms with Gasteiger partial charge < -0.3 is 5.73 Å². The lowest BCUT2D eigenvalue weighted by atomic mass is 10.3. The van der Waals surface area contributed by atoms with Gasteiger partial charge in [-0.1, -0.05) is 11.3 Å². The molecule has 0 radical (unpaired) electrons. The molecule has 0 aliphatic heterocycles. The van der Waals surface area contributed by atoms with Crippen LogP contribution in [0.2, 0.25) is 0 Å². The highest BCUT2D eigenvalue weighted by Gasteiger charge is 2.15. The molecule has 0 atom stereocenters. The third-order valence-corrected chi connectivity index (χ3v) is 4.36. The Morgan fingerprint density at radius 2 is 2.23 bits per heavy atom. The predicted molar refractivity (Wildman–Crippen MR) is 59.2 cm³/mol. The van der Waals surface area contributed by atoms with Gasteiger partial charge in [-0.3, -0.25) is 0 Å². The summed E-state index contributed by atoms with van der Waals surface area (Å²) in [7, 11) is 2.08. The third kappa shape index (κ3) is 1.40. The average molecular weight is 211 g/mol. The van der Waals surface area contributed by atoms with Gasteiger partial charge in [0.15, 0.2) is 0 Å². The van der Waals surface area contributed by atoms with Gasteiger partial charge in [0, 0.05) is 11.8 Å². The molecule has 1 aromatic carbocycles. The maximum absolute atomic E-state index is 5.72. The Bertz CT molecular complexity index is 448. The van der Waals surface area contributed by atoms with Crippen LogP contribution in [0.15, 0.2) is 22.5 Å². The summed E-state index contributed by atoms with van der Waals surface area (Å²) >= 11 is 3.55. The Balaban J connectivity index is 2.76. The lowest BCUT2D eigenvalue weighted by Crippen LogP contribution is -2.27. The number of hydrogen-bond acceptors (Lipinski definition) is 3. The van der Waals surface area contributed by atoms with Crippen LogP contribution in [0.1, 0.15) is 0 Å². The van der Waals surface area contributed by atoms with E-state index in [1.165, 1.54) is 14.6 Å². The first kappa shape index (κ1) is 8.84. The number of nitrogens with two attached hydrogens (primary N) is 1. The molecule has 0 amide bonds. The van der Waals surface area contributed by atoms with E-state index < -0.39 is 0 Å². The lowest BCUT2D eigenvalue weighted by molar-refractivity contribution is -0.676. The number of thiazole rings is 1. The molecule has 0 bridgehead atoms. The molecule has 0 aliphatic rings. The summed E-state index contributed by atoms with van der Waals surface area (Å²) in [6.45, 7) is 0. The zero-order valence-electron chi connectivity index (χ0n) is 7.57. The Hall–Kier alpha value is -0.740. The number of anilines is 1. The van der Waals surface area contributed by atoms with Crippen LogP contribution < -0.4 is 10.3 Å². The zero-order valence-corrected chi connectivity index (χ0v) is 9.21. The van der Waals surface area contributed by atoms with Gasteiger partial charge in [-0.15, -0.1) is 0 Å². The first-order chi connectivity index (χ1) is 6.22. The van der Waals surface area contributed by atoms with Crippen LogP contribution in [0, 0.1) is 0 Å². The Morgan fingerprint density at radius 3 is 2.92 bits per heavy atom. The fourth-order valence-corrected chi connectivity index (χ4v) is 3.23. The highest BCUT2D eigenvalue weighted by molar-refractivity contribution is 8.00. The SMILES string of the molecule is CSc1sc2cc(N)ccc2[n+]1C. The summed E-state index contributed by atoms with van der Waals surface area (Å²) in [6.07, 6.45) is 2.09. The van der Waals surface area contributed by atoms with Gasteiger partial charge in [0.25, 0.3) is 4.34 Å². The van der Waals surface area contributed by atoms with E-state index in [9.17, 15) is 0 Å². The number of nitrogen functional groups attached to an aromatic ring is 1. The third-order valence-electron chi connectivity index (χ3n) is 1.99. The first-order valence-corrected chi connectivity index (χ1v) is 5.98. The monoisotopic (exact) mass is 211 g/mol. The largest absolute Gasteiger partial charge is 0.399 e. The van der Waals surface area contributed by atoms with Crippen LogP contribution in [-0.4, -0.2) is 6.26 Å². The van der Waals surface area contributed by atoms with Gasteiger partial charge in [0.2, 0.25) is 5.52 Å². The lowest BCUT2D eigenvalue weighted by Gasteiger charge is -1.89. The fourth-order valence-electron chi connectivity index (χ4n) is 1.33. The summed E-state index contributed by atoms with van der Waals surface area (Å²) < 4.78 is 4.76. The van der Waals surface area contributed by atoms with Crippen molar-refractivity contribution in [3.63, 3.8) is 0 Å². The Labute approximate surface area is 85.4 Å². The molecule has 2 nitrogen and oxygen atoms in total. The van der Waals surface area contributed by atoms with Crippen molar-refractivity contribution < 1.29 is 4.57 Å². The number of fused-ring (bicyclic) bond motifs is 1. The summed E-state index contributed by atoms with van der Waals surface area (Å²) in [5.41, 5.74) is 7.80. The second kappa shape index (κ2) is 3.20. The van der Waals surface area contributed by atoms with Gasteiger partial charge >= 0.3 is 0 Å². The number of aryl methyl sites for hydroxylation is 1. The van der Waals surface area contributed by atoms with Crippen molar-refractivity contribution in [1.82, 2.24) is 0 Å². The van der Waals surface area contributed by atoms with E-state index in [1.54, 1.807) is 23.1 Å². The van der Waals surface area contributed by atoms with Gasteiger partial charge in [-0.05, 0) is 30.2 Å². The maximum atomic E-state index is 5.72. The van der Waals surface area contributed by atoms with Gasteiger partial charge in [0.05, 0.1) is 0 Å². The normalized spacial score (nSPS) is 10.9. The number of thioether (sulfide) groups is 1. The summed E-state index contributed by atoms with van der Waals surface area (Å²) in [5, 5.41) is 0. The molecule has 1 heterocycles. The van der Waals surface area contributed by atoms with E-state index in [4.69, 9.17) is 5.73 Å². The number of rotatable bonds is 1. The summed E-state index contributed by atoms with van der Waals surface area (Å²) in [5.74, 6) is 0. The molecule has 2 rings (SSSR count). The Kier molecular flexibility index (Phi) is 2.17. The molecule has 0 saturated heterocycles. The molecule has 13 heavy (non-hydrogen) atoms. The zero-order chi connectivity index (χ0) is 9.42. The fraction of sp³-hybridized carbons (Fsp3) is 0.222. The molecular formula is C9H11N2S2+. The van der Waals surface area contributed by atoms with Crippen molar-refractivity contribution in [2.75, 3.05) is 12.0 Å². The van der Waals surface area contributed by atoms with E-state index in [-0.39, 0.29) is 0 Å². The van der Waals surface area contributed by atoms with Crippen LogP contribution in [0.3, 0.4) is 0 Å². The van der Waals surface area contributed by atoms with Gasteiger partial charge in [0.1, 0.15) is 11.7 Å². The molecule has 0 unspecified atom stereocenters. The van der Waals surface area contributed by atoms with Crippen molar-refractivity contribution in [2.24, 2.45) is 7.05 Å². The summed E-state index contributed by atoms with van der Waals surface area (Å²) in [6, 6.07) is 6.04. The quantitative estimate of drug-likeness (QED) is 0.444. The second-order valence-electron chi connectivity index (χ2n) is 2.86. The number of aromatic nitrogens is 1. The Morgan fingerprint density at radius 1 is 1.46 bits per heavy atom. The smallest absolute Gasteiger partial charge is 0.297 e. The standard InChI is InChI=1S/C9H11N2S2/c1-11-7-4-3-6(10)5-8(7)13-9(11)12-2/h3-5H,10H2,1-2H3/q+1. The van der Waals surface area contributed by atoms with Crippen molar-refractivity contribution in [2.45, 2.75) is 4.34 Å². The van der Waals surface area contributed by atoms with Crippen LogP contribution in [0.25, 0.3) is 10.2 Å². The summed E-state index contributed by atoms with van der Waals surface area (Å²) in [4.78, 5) is 0. The van der Waals surface area contributed by atoms with Crippen molar-refractivity contribution in [3.05, 3.63) is 18.2 Å². The minimum Gasteiger partial charge on any atom is -0.399 e. The molecule has 1 aromatic heterocycles. The topological polar surface area (TPSA) is 29.9 Å². The van der Waals surface area contributed by atoms with Crippen LogP contribution in [-0.2, 0) is 7.05 Å². The molecular weight excluding hydrogens is 200 g/mol. The molecule has 4 heteroatoms. The maximum Gasteiger partial charge on any atom is 0.297 e. The van der Waals surface area contributed by atoms with Crippen molar-refractivity contribution in [3.8, 4) is 0 Å². The minimum atomic E-state index is 0.835. The van der Waals surface area contributed by atoms with Crippen molar-refractivity contribution >= 4 is 39.0 Å². The van der Waals surface area contributed by atoms with E-state index >= 15 is 0 Å². The van der Waals surface area contributed by atoms with E-state index in [1.807, 2.05) is 12.1 Å². The van der Waals surface area contributed by atoms with Gasteiger partial charge in [-0.2, -0.15) is 4.57 Å². The second-order valence-corrected chi connectivity index (χ2v) is 4.94. The number of nitrogens with zero attached hydrogens (tertiary/aromatic N) is 1. The molecule has 0 fully saturated rings. The number of benzene rings is 1. The molecule has 2 aromatic rings. The van der Waals surface area contributed by atoms with E-state index in [0.717, 1.165) is 5.69 Å². The average Bonchev–Trinajstić information content (AvgIpc) is 2.42. The van der Waals surface area contributed by atoms with Crippen LogP contribution in [0.4, 0.5) is 5.69 Å². The first-order valence-electron chi connectivity index (χ1n) is 3.94. The minimum absolute atomic E-state index is 0.835. The molecule has 0 saturated carbocycles. The molecule has 68 valence electrons. The van der Waals surface area contributed by atoms with Crippen LogP contribution >= 0.6 is 23.1 Å².